The standard InChI is InChI=1S/C25H24F3N5O5S/c1-16-21(15-30)23(31(2)24(36)33(16)19-5-3-4-18(13-19)25(26,27)28)20-7-6-17(14-29)12-22(20)39(37,38)32(8-10-34)9-11-35/h3-7,12-13,23,34-35H,8-11H2,1-2H3/t23-/m1/s1. The van der Waals surface area contributed by atoms with Crippen LogP contribution in [0, 0.1) is 22.7 Å². The lowest BCUT2D eigenvalue weighted by molar-refractivity contribution is -0.137. The Balaban J connectivity index is 2.26. The molecular weight excluding hydrogens is 539 g/mol. The monoisotopic (exact) mass is 563 g/mol. The third-order valence-electron chi connectivity index (χ3n) is 6.18. The Morgan fingerprint density at radius 1 is 1.05 bits per heavy atom. The Morgan fingerprint density at radius 2 is 1.69 bits per heavy atom. The Labute approximate surface area is 223 Å². The number of likely N-dealkylation sites (N-methyl/N-ethyl adjacent to an activating group) is 1. The van der Waals surface area contributed by atoms with Crippen LogP contribution >= 0.6 is 0 Å². The van der Waals surface area contributed by atoms with Crippen LogP contribution in [0.25, 0.3) is 0 Å². The molecule has 2 N–H and O–H groups in total. The maximum absolute atomic E-state index is 13.6. The van der Waals surface area contributed by atoms with Gasteiger partial charge in [-0.25, -0.2) is 13.2 Å². The van der Waals surface area contributed by atoms with E-state index in [0.717, 1.165) is 38.4 Å². The van der Waals surface area contributed by atoms with E-state index in [-0.39, 0.29) is 41.2 Å². The van der Waals surface area contributed by atoms with Gasteiger partial charge in [0.15, 0.2) is 0 Å². The number of anilines is 1. The van der Waals surface area contributed by atoms with Crippen molar-refractivity contribution in [1.82, 2.24) is 9.21 Å². The zero-order valence-corrected chi connectivity index (χ0v) is 21.7. The number of nitrogens with zero attached hydrogens (tertiary/aromatic N) is 5. The molecule has 1 aliphatic rings. The number of benzene rings is 2. The summed E-state index contributed by atoms with van der Waals surface area (Å²) in [4.78, 5) is 15.0. The largest absolute Gasteiger partial charge is 0.416 e. The molecule has 2 aromatic carbocycles. The Kier molecular flexibility index (Phi) is 8.67. The summed E-state index contributed by atoms with van der Waals surface area (Å²) < 4.78 is 68.0. The van der Waals surface area contributed by atoms with Crippen molar-refractivity contribution in [1.29, 1.82) is 10.5 Å². The molecule has 206 valence electrons. The van der Waals surface area contributed by atoms with Gasteiger partial charge in [-0.15, -0.1) is 0 Å². The second-order valence-corrected chi connectivity index (χ2v) is 10.4. The molecule has 0 bridgehead atoms. The van der Waals surface area contributed by atoms with Crippen molar-refractivity contribution in [2.45, 2.75) is 24.0 Å². The summed E-state index contributed by atoms with van der Waals surface area (Å²) in [6.45, 7) is -0.520. The Morgan fingerprint density at radius 3 is 2.23 bits per heavy atom. The number of carbonyl (C=O) groups excluding carboxylic acids is 1. The molecule has 0 aromatic heterocycles. The van der Waals surface area contributed by atoms with E-state index < -0.39 is 51.9 Å². The first-order valence-electron chi connectivity index (χ1n) is 11.4. The Bertz CT molecular complexity index is 1490. The molecule has 0 saturated heterocycles. The molecule has 2 amide bonds. The first-order chi connectivity index (χ1) is 18.3. The van der Waals surface area contributed by atoms with E-state index in [9.17, 15) is 47.1 Å². The van der Waals surface area contributed by atoms with Crippen molar-refractivity contribution >= 4 is 21.7 Å². The molecule has 0 radical (unpaired) electrons. The van der Waals surface area contributed by atoms with Crippen molar-refractivity contribution in [2.75, 3.05) is 38.3 Å². The van der Waals surface area contributed by atoms with Gasteiger partial charge in [0.2, 0.25) is 10.0 Å². The molecule has 0 fully saturated rings. The molecule has 1 aliphatic heterocycles. The van der Waals surface area contributed by atoms with Crippen molar-refractivity contribution < 1.29 is 36.6 Å². The van der Waals surface area contributed by atoms with Crippen LogP contribution in [0.3, 0.4) is 0 Å². The molecule has 0 unspecified atom stereocenters. The van der Waals surface area contributed by atoms with Crippen LogP contribution in [0.1, 0.15) is 29.7 Å². The van der Waals surface area contributed by atoms with Crippen LogP contribution < -0.4 is 4.90 Å². The third kappa shape index (κ3) is 5.60. The van der Waals surface area contributed by atoms with Gasteiger partial charge in [0.05, 0.1) is 58.7 Å². The van der Waals surface area contributed by atoms with Gasteiger partial charge in [0, 0.05) is 31.4 Å². The van der Waals surface area contributed by atoms with Crippen LogP contribution in [0.2, 0.25) is 0 Å². The molecule has 0 saturated carbocycles. The first kappa shape index (κ1) is 29.6. The number of allylic oxidation sites excluding steroid dienone is 1. The van der Waals surface area contributed by atoms with E-state index in [2.05, 4.69) is 0 Å². The highest BCUT2D eigenvalue weighted by atomic mass is 32.2. The van der Waals surface area contributed by atoms with Gasteiger partial charge in [-0.05, 0) is 37.3 Å². The van der Waals surface area contributed by atoms with Crippen molar-refractivity contribution in [2.24, 2.45) is 0 Å². The van der Waals surface area contributed by atoms with Gasteiger partial charge in [0.1, 0.15) is 0 Å². The zero-order chi connectivity index (χ0) is 29.1. The first-order valence-corrected chi connectivity index (χ1v) is 12.9. The van der Waals surface area contributed by atoms with E-state index in [4.69, 9.17) is 0 Å². The molecule has 39 heavy (non-hydrogen) atoms. The second-order valence-electron chi connectivity index (χ2n) is 8.51. The van der Waals surface area contributed by atoms with Crippen LogP contribution in [0.5, 0.6) is 0 Å². The van der Waals surface area contributed by atoms with Crippen molar-refractivity contribution in [3.8, 4) is 12.1 Å². The van der Waals surface area contributed by atoms with Crippen LogP contribution in [-0.2, 0) is 16.2 Å². The SMILES string of the molecule is CC1=C(C#N)[C@@H](c2ccc(C#N)cc2S(=O)(=O)N(CCO)CCO)N(C)C(=O)N1c1cccc(C(F)(F)F)c1. The van der Waals surface area contributed by atoms with Gasteiger partial charge < -0.3 is 15.1 Å². The minimum atomic E-state index is -4.68. The quantitative estimate of drug-likeness (QED) is 0.502. The maximum Gasteiger partial charge on any atom is 0.416 e. The van der Waals surface area contributed by atoms with Gasteiger partial charge in [0.25, 0.3) is 0 Å². The van der Waals surface area contributed by atoms with Crippen LogP contribution in [0.15, 0.2) is 58.6 Å². The number of sulfonamides is 1. The van der Waals surface area contributed by atoms with E-state index in [1.165, 1.54) is 32.2 Å². The topological polar surface area (TPSA) is 149 Å². The molecule has 14 heteroatoms. The fourth-order valence-electron chi connectivity index (χ4n) is 4.32. The normalized spacial score (nSPS) is 16.5. The highest BCUT2D eigenvalue weighted by Gasteiger charge is 2.41. The fraction of sp³-hybridized carbons (Fsp3) is 0.320. The number of aliphatic hydroxyl groups is 2. The molecule has 2 aromatic rings. The molecule has 0 aliphatic carbocycles. The number of halogens is 3. The average Bonchev–Trinajstić information content (AvgIpc) is 2.90. The Hall–Kier alpha value is -3.95. The maximum atomic E-state index is 13.6. The minimum Gasteiger partial charge on any atom is -0.395 e. The number of carbonyl (C=O) groups is 1. The summed E-state index contributed by atoms with van der Waals surface area (Å²) in [5.74, 6) is 0. The molecular formula is C25H24F3N5O5S. The van der Waals surface area contributed by atoms with Crippen LogP contribution in [0.4, 0.5) is 23.7 Å². The van der Waals surface area contributed by atoms with E-state index in [1.54, 1.807) is 0 Å². The molecule has 1 heterocycles. The summed E-state index contributed by atoms with van der Waals surface area (Å²) in [5, 5.41) is 38.2. The number of alkyl halides is 3. The predicted octanol–water partition coefficient (Wildman–Crippen LogP) is 2.96. The van der Waals surface area contributed by atoms with E-state index in [0.29, 0.717) is 0 Å². The summed E-state index contributed by atoms with van der Waals surface area (Å²) in [6, 6.07) is 9.33. The van der Waals surface area contributed by atoms with E-state index in [1.807, 2.05) is 12.1 Å². The number of hydrogen-bond donors (Lipinski definition) is 2. The number of amides is 2. The molecule has 3 rings (SSSR count). The van der Waals surface area contributed by atoms with Crippen molar-refractivity contribution in [3.63, 3.8) is 0 Å². The highest BCUT2D eigenvalue weighted by Crippen LogP contribution is 2.42. The van der Waals surface area contributed by atoms with Gasteiger partial charge in [-0.1, -0.05) is 12.1 Å². The summed E-state index contributed by atoms with van der Waals surface area (Å²) >= 11 is 0. The van der Waals surface area contributed by atoms with Crippen LogP contribution in [-0.4, -0.2) is 67.2 Å². The second kappa shape index (κ2) is 11.4. The lowest BCUT2D eigenvalue weighted by Crippen LogP contribution is -2.48. The number of hydrogen-bond acceptors (Lipinski definition) is 7. The smallest absolute Gasteiger partial charge is 0.395 e. The fourth-order valence-corrected chi connectivity index (χ4v) is 6.00. The minimum absolute atomic E-state index is 0.0137. The number of urea groups is 1. The lowest BCUT2D eigenvalue weighted by atomic mass is 9.93. The summed E-state index contributed by atoms with van der Waals surface area (Å²) in [6.07, 6.45) is -4.68. The zero-order valence-electron chi connectivity index (χ0n) is 20.8. The third-order valence-corrected chi connectivity index (χ3v) is 8.14. The van der Waals surface area contributed by atoms with Gasteiger partial charge >= 0.3 is 12.2 Å². The molecule has 1 atom stereocenters. The summed E-state index contributed by atoms with van der Waals surface area (Å²) in [7, 11) is -3.19. The number of nitriles is 2. The summed E-state index contributed by atoms with van der Waals surface area (Å²) in [5.41, 5.74) is -1.37. The number of rotatable bonds is 8. The van der Waals surface area contributed by atoms with E-state index >= 15 is 0 Å². The molecule has 0 spiro atoms. The van der Waals surface area contributed by atoms with Gasteiger partial charge in [-0.2, -0.15) is 28.0 Å². The number of aliphatic hydroxyl groups excluding tert-OH is 2. The predicted molar refractivity (Wildman–Crippen MR) is 132 cm³/mol. The highest BCUT2D eigenvalue weighted by molar-refractivity contribution is 7.89. The van der Waals surface area contributed by atoms with Gasteiger partial charge in [-0.3, -0.25) is 4.90 Å². The lowest BCUT2D eigenvalue weighted by Gasteiger charge is -2.40. The molecule has 10 nitrogen and oxygen atoms in total. The average molecular weight is 564 g/mol. The van der Waals surface area contributed by atoms with Crippen molar-refractivity contribution in [3.05, 3.63) is 70.4 Å².